The summed E-state index contributed by atoms with van der Waals surface area (Å²) in [6, 6.07) is 20.0. The Morgan fingerprint density at radius 1 is 0.838 bits per heavy atom. The van der Waals surface area contributed by atoms with Crippen molar-refractivity contribution in [3.8, 4) is 11.8 Å². The number of halogens is 2. The third kappa shape index (κ3) is 6.84. The lowest BCUT2D eigenvalue weighted by molar-refractivity contribution is 0.0441. The second-order valence-electron chi connectivity index (χ2n) is 9.67. The van der Waals surface area contributed by atoms with Gasteiger partial charge in [0.15, 0.2) is 0 Å². The lowest BCUT2D eigenvalue weighted by Crippen LogP contribution is -2.56. The molecule has 2 aliphatic heterocycles. The first kappa shape index (κ1) is 26.0. The van der Waals surface area contributed by atoms with Crippen LogP contribution in [0, 0.1) is 11.8 Å². The van der Waals surface area contributed by atoms with Crippen LogP contribution in [0.2, 0.25) is 10.0 Å². The lowest BCUT2D eigenvalue weighted by Gasteiger charge is -2.41. The number of piperazine rings is 1. The summed E-state index contributed by atoms with van der Waals surface area (Å²) in [5, 5.41) is 3.36. The molecule has 2 saturated heterocycles. The van der Waals surface area contributed by atoms with E-state index in [0.29, 0.717) is 28.7 Å². The van der Waals surface area contributed by atoms with Crippen molar-refractivity contribution in [1.29, 1.82) is 0 Å². The van der Waals surface area contributed by atoms with Gasteiger partial charge in [0.1, 0.15) is 0 Å². The molecule has 0 bridgehead atoms. The number of hydrogen-bond acceptors (Lipinski definition) is 4. The highest BCUT2D eigenvalue weighted by atomic mass is 35.5. The van der Waals surface area contributed by atoms with E-state index < -0.39 is 0 Å². The molecule has 37 heavy (non-hydrogen) atoms. The molecule has 0 radical (unpaired) electrons. The van der Waals surface area contributed by atoms with E-state index >= 15 is 0 Å². The van der Waals surface area contributed by atoms with Crippen LogP contribution in [0.5, 0.6) is 0 Å². The number of hydrogen-bond donors (Lipinski definition) is 0. The maximum atomic E-state index is 13.6. The van der Waals surface area contributed by atoms with E-state index in [4.69, 9.17) is 27.9 Å². The molecule has 2 heterocycles. The van der Waals surface area contributed by atoms with Gasteiger partial charge in [-0.15, -0.1) is 0 Å². The smallest absolute Gasteiger partial charge is 0.254 e. The van der Waals surface area contributed by atoms with Crippen LogP contribution in [-0.4, -0.2) is 85.7 Å². The molecule has 0 saturated carbocycles. The minimum atomic E-state index is -0.0340. The predicted molar refractivity (Wildman–Crippen MR) is 150 cm³/mol. The van der Waals surface area contributed by atoms with E-state index in [1.165, 1.54) is 16.3 Å². The fraction of sp³-hybridized carbons (Fsp3) is 0.367. The Kier molecular flexibility index (Phi) is 8.66. The predicted octanol–water partition coefficient (Wildman–Crippen LogP) is 4.85. The van der Waals surface area contributed by atoms with Crippen LogP contribution in [0.15, 0.2) is 60.7 Å². The second-order valence-corrected chi connectivity index (χ2v) is 10.5. The number of amides is 1. The molecule has 5 rings (SSSR count). The standard InChI is InChI=1S/C30H31Cl2N3O2/c31-27-19-26(20-28(32)21-27)30(36)35-12-11-34(10-4-3-9-33-13-15-37-16-14-33)22-29(35)18-23-7-8-24-5-1-2-6-25(24)17-23/h1-2,5-8,17,19-21,29H,9-16,18,22H2. The van der Waals surface area contributed by atoms with Crippen molar-refractivity contribution >= 4 is 39.9 Å². The van der Waals surface area contributed by atoms with E-state index in [9.17, 15) is 4.79 Å². The van der Waals surface area contributed by atoms with Crippen LogP contribution in [0.4, 0.5) is 0 Å². The number of nitrogens with zero attached hydrogens (tertiary/aromatic N) is 3. The molecule has 0 N–H and O–H groups in total. The molecule has 5 nitrogen and oxygen atoms in total. The van der Waals surface area contributed by atoms with Crippen LogP contribution in [0.25, 0.3) is 10.8 Å². The number of carbonyl (C=O) groups is 1. The maximum Gasteiger partial charge on any atom is 0.254 e. The van der Waals surface area contributed by atoms with E-state index in [2.05, 4.69) is 64.1 Å². The summed E-state index contributed by atoms with van der Waals surface area (Å²) >= 11 is 12.4. The molecule has 192 valence electrons. The molecule has 2 fully saturated rings. The minimum Gasteiger partial charge on any atom is -0.379 e. The number of benzene rings is 3. The van der Waals surface area contributed by atoms with Gasteiger partial charge in [0.2, 0.25) is 0 Å². The summed E-state index contributed by atoms with van der Waals surface area (Å²) in [7, 11) is 0. The second kappa shape index (κ2) is 12.3. The monoisotopic (exact) mass is 535 g/mol. The van der Waals surface area contributed by atoms with Gasteiger partial charge >= 0.3 is 0 Å². The zero-order chi connectivity index (χ0) is 25.6. The largest absolute Gasteiger partial charge is 0.379 e. The van der Waals surface area contributed by atoms with E-state index in [1.807, 2.05) is 4.90 Å². The number of fused-ring (bicyclic) bond motifs is 1. The molecule has 1 unspecified atom stereocenters. The molecule has 0 aromatic heterocycles. The van der Waals surface area contributed by atoms with E-state index in [1.54, 1.807) is 18.2 Å². The molecule has 3 aromatic rings. The summed E-state index contributed by atoms with van der Waals surface area (Å²) in [6.07, 6.45) is 0.766. The van der Waals surface area contributed by atoms with Gasteiger partial charge in [-0.1, -0.05) is 77.5 Å². The van der Waals surface area contributed by atoms with Gasteiger partial charge in [-0.25, -0.2) is 0 Å². The molecule has 0 aliphatic carbocycles. The topological polar surface area (TPSA) is 36.0 Å². The average Bonchev–Trinajstić information content (AvgIpc) is 2.91. The van der Waals surface area contributed by atoms with Crippen molar-refractivity contribution in [3.63, 3.8) is 0 Å². The van der Waals surface area contributed by atoms with Crippen molar-refractivity contribution < 1.29 is 9.53 Å². The summed E-state index contributed by atoms with van der Waals surface area (Å²) in [6.45, 7) is 7.10. The summed E-state index contributed by atoms with van der Waals surface area (Å²) in [5.74, 6) is 6.65. The molecule has 3 aromatic carbocycles. The number of rotatable bonds is 5. The van der Waals surface area contributed by atoms with Gasteiger partial charge in [-0.05, 0) is 41.0 Å². The molecule has 2 aliphatic rings. The normalized spacial score (nSPS) is 19.0. The van der Waals surface area contributed by atoms with E-state index in [-0.39, 0.29) is 11.9 Å². The first-order valence-electron chi connectivity index (χ1n) is 12.8. The molecular formula is C30H31Cl2N3O2. The van der Waals surface area contributed by atoms with Gasteiger partial charge in [-0.2, -0.15) is 0 Å². The number of morpholine rings is 1. The summed E-state index contributed by atoms with van der Waals surface area (Å²) in [5.41, 5.74) is 1.74. The van der Waals surface area contributed by atoms with Crippen molar-refractivity contribution in [2.45, 2.75) is 12.5 Å². The van der Waals surface area contributed by atoms with Gasteiger partial charge in [-0.3, -0.25) is 14.6 Å². The Morgan fingerprint density at radius 3 is 2.30 bits per heavy atom. The van der Waals surface area contributed by atoms with Gasteiger partial charge < -0.3 is 9.64 Å². The minimum absolute atomic E-state index is 0.0150. The third-order valence-corrected chi connectivity index (χ3v) is 7.49. The SMILES string of the molecule is O=C(c1cc(Cl)cc(Cl)c1)N1CCN(CC#CCN2CCOCC2)CC1Cc1ccc2ccccc2c1. The Morgan fingerprint density at radius 2 is 1.54 bits per heavy atom. The van der Waals surface area contributed by atoms with Crippen LogP contribution in [0.1, 0.15) is 15.9 Å². The number of ether oxygens (including phenoxy) is 1. The first-order chi connectivity index (χ1) is 18.0. The molecular weight excluding hydrogens is 505 g/mol. The van der Waals surface area contributed by atoms with Crippen molar-refractivity contribution in [2.24, 2.45) is 0 Å². The summed E-state index contributed by atoms with van der Waals surface area (Å²) in [4.78, 5) is 20.3. The Bertz CT molecular complexity index is 1290. The Balaban J connectivity index is 1.32. The zero-order valence-electron chi connectivity index (χ0n) is 20.8. The van der Waals surface area contributed by atoms with Gasteiger partial charge in [0, 0.05) is 54.4 Å². The zero-order valence-corrected chi connectivity index (χ0v) is 22.3. The van der Waals surface area contributed by atoms with Gasteiger partial charge in [0.25, 0.3) is 5.91 Å². The quantitative estimate of drug-likeness (QED) is 0.437. The van der Waals surface area contributed by atoms with Crippen LogP contribution < -0.4 is 0 Å². The average molecular weight is 537 g/mol. The third-order valence-electron chi connectivity index (χ3n) is 7.06. The molecule has 1 atom stereocenters. The van der Waals surface area contributed by atoms with Crippen LogP contribution in [0.3, 0.4) is 0 Å². The lowest BCUT2D eigenvalue weighted by atomic mass is 9.98. The maximum absolute atomic E-state index is 13.6. The molecule has 7 heteroatoms. The fourth-order valence-electron chi connectivity index (χ4n) is 5.08. The number of carbonyl (C=O) groups excluding carboxylic acids is 1. The fourth-order valence-corrected chi connectivity index (χ4v) is 5.61. The highest BCUT2D eigenvalue weighted by molar-refractivity contribution is 6.35. The van der Waals surface area contributed by atoms with Crippen molar-refractivity contribution in [3.05, 3.63) is 81.8 Å². The Hall–Kier alpha value is -2.59. The van der Waals surface area contributed by atoms with Crippen molar-refractivity contribution in [1.82, 2.24) is 14.7 Å². The first-order valence-corrected chi connectivity index (χ1v) is 13.5. The van der Waals surface area contributed by atoms with Crippen LogP contribution in [-0.2, 0) is 11.2 Å². The highest BCUT2D eigenvalue weighted by Crippen LogP contribution is 2.24. The van der Waals surface area contributed by atoms with Gasteiger partial charge in [0.05, 0.1) is 26.3 Å². The summed E-state index contributed by atoms with van der Waals surface area (Å²) < 4.78 is 5.41. The highest BCUT2D eigenvalue weighted by Gasteiger charge is 2.31. The van der Waals surface area contributed by atoms with E-state index in [0.717, 1.165) is 52.4 Å². The molecule has 0 spiro atoms. The molecule has 1 amide bonds. The van der Waals surface area contributed by atoms with Crippen LogP contribution >= 0.6 is 23.2 Å². The Labute approximate surface area is 228 Å². The van der Waals surface area contributed by atoms with Crippen molar-refractivity contribution in [2.75, 3.05) is 59.0 Å².